The summed E-state index contributed by atoms with van der Waals surface area (Å²) in [7, 11) is 4.03. The third-order valence-corrected chi connectivity index (χ3v) is 4.04. The van der Waals surface area contributed by atoms with E-state index in [4.69, 9.17) is 0 Å². The number of rotatable bonds is 4. The lowest BCUT2D eigenvalue weighted by molar-refractivity contribution is -0.120. The maximum absolute atomic E-state index is 12.0. The van der Waals surface area contributed by atoms with Crippen LogP contribution in [-0.2, 0) is 11.3 Å². The van der Waals surface area contributed by atoms with Crippen LogP contribution in [0.25, 0.3) is 0 Å². The van der Waals surface area contributed by atoms with Gasteiger partial charge >= 0.3 is 0 Å². The molecule has 1 aromatic heterocycles. The van der Waals surface area contributed by atoms with Crippen molar-refractivity contribution in [3.63, 3.8) is 0 Å². The van der Waals surface area contributed by atoms with E-state index in [2.05, 4.69) is 15.2 Å². The molecule has 4 nitrogen and oxygen atoms in total. The molecule has 0 atom stereocenters. The van der Waals surface area contributed by atoms with Gasteiger partial charge < -0.3 is 10.2 Å². The van der Waals surface area contributed by atoms with Crippen molar-refractivity contribution in [2.45, 2.75) is 38.6 Å². The molecule has 1 aromatic rings. The monoisotopic (exact) mass is 267 g/mol. The molecule has 100 valence electrons. The van der Waals surface area contributed by atoms with E-state index in [1.807, 2.05) is 19.5 Å². The molecule has 0 bridgehead atoms. The van der Waals surface area contributed by atoms with E-state index in [1.54, 1.807) is 0 Å². The highest BCUT2D eigenvalue weighted by molar-refractivity contribution is 7.13. The third-order valence-electron chi connectivity index (χ3n) is 3.24. The van der Waals surface area contributed by atoms with Gasteiger partial charge in [0.1, 0.15) is 0 Å². The summed E-state index contributed by atoms with van der Waals surface area (Å²) in [5, 5.41) is 5.70. The van der Waals surface area contributed by atoms with Gasteiger partial charge in [-0.1, -0.05) is 19.3 Å². The fourth-order valence-corrected chi connectivity index (χ4v) is 3.04. The van der Waals surface area contributed by atoms with Crippen LogP contribution in [0.2, 0.25) is 0 Å². The second-order valence-corrected chi connectivity index (χ2v) is 6.06. The fourth-order valence-electron chi connectivity index (χ4n) is 2.33. The molecule has 0 saturated heterocycles. The molecule has 1 heterocycles. The van der Waals surface area contributed by atoms with Crippen LogP contribution in [0.4, 0.5) is 5.13 Å². The Morgan fingerprint density at radius 1 is 1.44 bits per heavy atom. The Morgan fingerprint density at radius 3 is 2.83 bits per heavy atom. The van der Waals surface area contributed by atoms with Crippen molar-refractivity contribution in [2.75, 3.05) is 19.4 Å². The Balaban J connectivity index is 1.88. The molecular weight excluding hydrogens is 246 g/mol. The number of carbonyl (C=O) groups excluding carboxylic acids is 1. The Kier molecular flexibility index (Phi) is 4.72. The predicted molar refractivity (Wildman–Crippen MR) is 74.7 cm³/mol. The van der Waals surface area contributed by atoms with Gasteiger partial charge in [0.25, 0.3) is 0 Å². The van der Waals surface area contributed by atoms with Crippen LogP contribution >= 0.6 is 11.3 Å². The molecular formula is C13H21N3OS. The summed E-state index contributed by atoms with van der Waals surface area (Å²) in [5.74, 6) is 0.348. The van der Waals surface area contributed by atoms with Crippen LogP contribution in [0.5, 0.6) is 0 Å². The predicted octanol–water partition coefficient (Wildman–Crippen LogP) is 2.72. The van der Waals surface area contributed by atoms with Crippen molar-refractivity contribution < 1.29 is 4.79 Å². The van der Waals surface area contributed by atoms with E-state index >= 15 is 0 Å². The van der Waals surface area contributed by atoms with Crippen molar-refractivity contribution in [2.24, 2.45) is 5.92 Å². The largest absolute Gasteiger partial charge is 0.304 e. The molecule has 1 aliphatic rings. The lowest BCUT2D eigenvalue weighted by Gasteiger charge is -2.19. The highest BCUT2D eigenvalue weighted by atomic mass is 32.1. The Labute approximate surface area is 112 Å². The third kappa shape index (κ3) is 3.78. The van der Waals surface area contributed by atoms with Crippen LogP contribution in [-0.4, -0.2) is 29.9 Å². The van der Waals surface area contributed by atoms with Gasteiger partial charge in [0.15, 0.2) is 5.13 Å². The van der Waals surface area contributed by atoms with E-state index in [1.165, 1.54) is 30.6 Å². The number of nitrogens with zero attached hydrogens (tertiary/aromatic N) is 2. The zero-order valence-corrected chi connectivity index (χ0v) is 11.9. The fraction of sp³-hybridized carbons (Fsp3) is 0.692. The minimum Gasteiger partial charge on any atom is -0.304 e. The van der Waals surface area contributed by atoms with Gasteiger partial charge in [-0.05, 0) is 26.9 Å². The molecule has 1 amide bonds. The number of thiazole rings is 1. The SMILES string of the molecule is CN(C)Cc1csc(NC(=O)C2CCCCC2)n1. The summed E-state index contributed by atoms with van der Waals surface area (Å²) in [6.07, 6.45) is 5.70. The molecule has 0 radical (unpaired) electrons. The van der Waals surface area contributed by atoms with Gasteiger partial charge in [-0.25, -0.2) is 4.98 Å². The van der Waals surface area contributed by atoms with Gasteiger partial charge in [0.05, 0.1) is 5.69 Å². The molecule has 0 aromatic carbocycles. The van der Waals surface area contributed by atoms with E-state index < -0.39 is 0 Å². The topological polar surface area (TPSA) is 45.2 Å². The first-order valence-corrected chi connectivity index (χ1v) is 7.43. The van der Waals surface area contributed by atoms with Crippen LogP contribution in [0.3, 0.4) is 0 Å². The van der Waals surface area contributed by atoms with E-state index in [0.29, 0.717) is 0 Å². The molecule has 1 saturated carbocycles. The molecule has 5 heteroatoms. The molecule has 1 aliphatic carbocycles. The minimum atomic E-state index is 0.153. The summed E-state index contributed by atoms with van der Waals surface area (Å²) in [6, 6.07) is 0. The average molecular weight is 267 g/mol. The lowest BCUT2D eigenvalue weighted by Crippen LogP contribution is -2.24. The molecule has 2 rings (SSSR count). The minimum absolute atomic E-state index is 0.153. The van der Waals surface area contributed by atoms with Crippen LogP contribution in [0.15, 0.2) is 5.38 Å². The standard InChI is InChI=1S/C13H21N3OS/c1-16(2)8-11-9-18-13(14-11)15-12(17)10-6-4-3-5-7-10/h9-10H,3-8H2,1-2H3,(H,14,15,17). The Morgan fingerprint density at radius 2 is 2.17 bits per heavy atom. The van der Waals surface area contributed by atoms with Crippen molar-refractivity contribution in [3.8, 4) is 0 Å². The van der Waals surface area contributed by atoms with E-state index in [9.17, 15) is 4.79 Å². The number of hydrogen-bond acceptors (Lipinski definition) is 4. The molecule has 1 N–H and O–H groups in total. The quantitative estimate of drug-likeness (QED) is 0.912. The van der Waals surface area contributed by atoms with Crippen molar-refractivity contribution in [1.82, 2.24) is 9.88 Å². The highest BCUT2D eigenvalue weighted by Crippen LogP contribution is 2.25. The first kappa shape index (κ1) is 13.5. The van der Waals surface area contributed by atoms with Gasteiger partial charge in [-0.15, -0.1) is 11.3 Å². The number of anilines is 1. The van der Waals surface area contributed by atoms with Crippen molar-refractivity contribution >= 4 is 22.4 Å². The molecule has 0 spiro atoms. The molecule has 0 unspecified atom stereocenters. The summed E-state index contributed by atoms with van der Waals surface area (Å²) in [5.41, 5.74) is 1.02. The Hall–Kier alpha value is -0.940. The first-order chi connectivity index (χ1) is 8.65. The summed E-state index contributed by atoms with van der Waals surface area (Å²) in [6.45, 7) is 0.815. The Bertz CT molecular complexity index is 397. The van der Waals surface area contributed by atoms with Gasteiger partial charge in [0.2, 0.25) is 5.91 Å². The second kappa shape index (κ2) is 6.29. The second-order valence-electron chi connectivity index (χ2n) is 5.21. The molecule has 18 heavy (non-hydrogen) atoms. The highest BCUT2D eigenvalue weighted by Gasteiger charge is 2.21. The number of amides is 1. The van der Waals surface area contributed by atoms with Crippen LogP contribution in [0, 0.1) is 5.92 Å². The zero-order valence-electron chi connectivity index (χ0n) is 11.1. The van der Waals surface area contributed by atoms with Crippen LogP contribution in [0.1, 0.15) is 37.8 Å². The zero-order chi connectivity index (χ0) is 13.0. The lowest BCUT2D eigenvalue weighted by atomic mass is 9.89. The normalized spacial score (nSPS) is 17.1. The van der Waals surface area contributed by atoms with Crippen LogP contribution < -0.4 is 5.32 Å². The number of carbonyl (C=O) groups is 1. The van der Waals surface area contributed by atoms with Gasteiger partial charge in [0, 0.05) is 17.8 Å². The number of aromatic nitrogens is 1. The summed E-state index contributed by atoms with van der Waals surface area (Å²) in [4.78, 5) is 18.5. The van der Waals surface area contributed by atoms with E-state index in [0.717, 1.165) is 30.2 Å². The maximum atomic E-state index is 12.0. The van der Waals surface area contributed by atoms with Crippen molar-refractivity contribution in [3.05, 3.63) is 11.1 Å². The maximum Gasteiger partial charge on any atom is 0.229 e. The summed E-state index contributed by atoms with van der Waals surface area (Å²) < 4.78 is 0. The molecule has 1 fully saturated rings. The summed E-state index contributed by atoms with van der Waals surface area (Å²) >= 11 is 1.51. The smallest absolute Gasteiger partial charge is 0.229 e. The number of hydrogen-bond donors (Lipinski definition) is 1. The van der Waals surface area contributed by atoms with E-state index in [-0.39, 0.29) is 11.8 Å². The average Bonchev–Trinajstić information content (AvgIpc) is 2.76. The first-order valence-electron chi connectivity index (χ1n) is 6.55. The van der Waals surface area contributed by atoms with Gasteiger partial charge in [-0.3, -0.25) is 4.79 Å². The molecule has 0 aliphatic heterocycles. The number of nitrogens with one attached hydrogen (secondary N) is 1. The van der Waals surface area contributed by atoms with Crippen molar-refractivity contribution in [1.29, 1.82) is 0 Å². The van der Waals surface area contributed by atoms with Gasteiger partial charge in [-0.2, -0.15) is 0 Å².